The van der Waals surface area contributed by atoms with Crippen molar-refractivity contribution >= 4 is 29.9 Å². The number of ether oxygens (including phenoxy) is 1. The number of halogens is 4. The van der Waals surface area contributed by atoms with Gasteiger partial charge in [-0.1, -0.05) is 24.3 Å². The Morgan fingerprint density at radius 3 is 2.24 bits per heavy atom. The Hall–Kier alpha value is -1.03. The highest BCUT2D eigenvalue weighted by molar-refractivity contribution is 14.0. The fourth-order valence-corrected chi connectivity index (χ4v) is 1.84. The fourth-order valence-electron chi connectivity index (χ4n) is 1.84. The van der Waals surface area contributed by atoms with Gasteiger partial charge in [-0.25, -0.2) is 4.99 Å². The second-order valence-corrected chi connectivity index (χ2v) is 5.66. The molecule has 0 heterocycles. The van der Waals surface area contributed by atoms with E-state index in [9.17, 15) is 13.2 Å². The molecule has 0 radical (unpaired) electrons. The minimum atomic E-state index is -4.17. The summed E-state index contributed by atoms with van der Waals surface area (Å²) in [4.78, 5) is 4.30. The molecule has 0 atom stereocenters. The van der Waals surface area contributed by atoms with Crippen LogP contribution in [0.1, 0.15) is 38.3 Å². The van der Waals surface area contributed by atoms with Crippen LogP contribution in [0.3, 0.4) is 0 Å². The molecule has 25 heavy (non-hydrogen) atoms. The van der Waals surface area contributed by atoms with E-state index in [0.29, 0.717) is 25.7 Å². The minimum Gasteiger partial charge on any atom is -0.374 e. The van der Waals surface area contributed by atoms with Gasteiger partial charge >= 0.3 is 6.18 Å². The van der Waals surface area contributed by atoms with Crippen LogP contribution >= 0.6 is 24.0 Å². The molecule has 144 valence electrons. The molecule has 0 saturated carbocycles. The first-order chi connectivity index (χ1) is 11.3. The molecule has 0 aliphatic rings. The van der Waals surface area contributed by atoms with Crippen LogP contribution in [0.4, 0.5) is 13.2 Å². The quantitative estimate of drug-likeness (QED) is 0.338. The van der Waals surface area contributed by atoms with Crippen molar-refractivity contribution in [2.75, 3.05) is 13.1 Å². The van der Waals surface area contributed by atoms with Crippen molar-refractivity contribution in [1.82, 2.24) is 10.6 Å². The lowest BCUT2D eigenvalue weighted by Gasteiger charge is -2.12. The number of nitrogens with one attached hydrogen (secondary N) is 2. The van der Waals surface area contributed by atoms with Crippen LogP contribution in [-0.2, 0) is 17.9 Å². The number of alkyl halides is 3. The molecule has 4 nitrogen and oxygen atoms in total. The van der Waals surface area contributed by atoms with Gasteiger partial charge < -0.3 is 15.4 Å². The minimum absolute atomic E-state index is 0. The van der Waals surface area contributed by atoms with Crippen molar-refractivity contribution in [2.24, 2.45) is 4.99 Å². The number of hydrogen-bond acceptors (Lipinski definition) is 2. The molecule has 0 aliphatic carbocycles. The summed E-state index contributed by atoms with van der Waals surface area (Å²) in [7, 11) is 0. The Labute approximate surface area is 164 Å². The lowest BCUT2D eigenvalue weighted by molar-refractivity contribution is -0.132. The van der Waals surface area contributed by atoms with Gasteiger partial charge in [0.05, 0.1) is 25.7 Å². The topological polar surface area (TPSA) is 45.7 Å². The summed E-state index contributed by atoms with van der Waals surface area (Å²) in [6.07, 6.45) is -4.88. The first-order valence-electron chi connectivity index (χ1n) is 8.08. The fraction of sp³-hybridized carbons (Fsp3) is 0.588. The molecule has 1 aromatic carbocycles. The molecule has 2 N–H and O–H groups in total. The third-order valence-electron chi connectivity index (χ3n) is 3.07. The largest absolute Gasteiger partial charge is 0.390 e. The molecule has 0 aliphatic heterocycles. The van der Waals surface area contributed by atoms with E-state index >= 15 is 0 Å². The van der Waals surface area contributed by atoms with E-state index in [1.807, 2.05) is 45.0 Å². The number of guanidine groups is 1. The molecule has 0 saturated heterocycles. The SMILES string of the molecule is CCNC(=NCc1ccc(COC(C)C)cc1)NCCC(F)(F)F.I. The summed E-state index contributed by atoms with van der Waals surface area (Å²) in [6.45, 7) is 7.18. The van der Waals surface area contributed by atoms with Crippen molar-refractivity contribution < 1.29 is 17.9 Å². The van der Waals surface area contributed by atoms with Crippen LogP contribution in [0.5, 0.6) is 0 Å². The first kappa shape index (κ1) is 24.0. The second kappa shape index (κ2) is 12.3. The van der Waals surface area contributed by atoms with E-state index in [1.165, 1.54) is 0 Å². The summed E-state index contributed by atoms with van der Waals surface area (Å²) < 4.78 is 42.1. The number of rotatable bonds is 8. The summed E-state index contributed by atoms with van der Waals surface area (Å²) in [5, 5.41) is 5.63. The van der Waals surface area contributed by atoms with Gasteiger partial charge in [-0.2, -0.15) is 13.2 Å². The lowest BCUT2D eigenvalue weighted by atomic mass is 10.1. The zero-order valence-corrected chi connectivity index (χ0v) is 17.2. The Bertz CT molecular complexity index is 505. The molecule has 0 unspecified atom stereocenters. The van der Waals surface area contributed by atoms with Crippen LogP contribution in [0, 0.1) is 0 Å². The Morgan fingerprint density at radius 1 is 1.12 bits per heavy atom. The maximum absolute atomic E-state index is 12.2. The Kier molecular flexibility index (Phi) is 11.8. The number of benzene rings is 1. The lowest BCUT2D eigenvalue weighted by Crippen LogP contribution is -2.38. The zero-order valence-electron chi connectivity index (χ0n) is 14.8. The van der Waals surface area contributed by atoms with E-state index in [4.69, 9.17) is 4.74 Å². The predicted molar refractivity (Wildman–Crippen MR) is 105 cm³/mol. The normalized spacial score (nSPS) is 12.0. The highest BCUT2D eigenvalue weighted by atomic mass is 127. The van der Waals surface area contributed by atoms with Gasteiger partial charge in [0, 0.05) is 13.1 Å². The van der Waals surface area contributed by atoms with Crippen molar-refractivity contribution in [3.05, 3.63) is 35.4 Å². The third-order valence-corrected chi connectivity index (χ3v) is 3.07. The highest BCUT2D eigenvalue weighted by Crippen LogP contribution is 2.18. The summed E-state index contributed by atoms with van der Waals surface area (Å²) in [5.74, 6) is 0.383. The predicted octanol–water partition coefficient (Wildman–Crippen LogP) is 4.24. The van der Waals surface area contributed by atoms with Crippen molar-refractivity contribution in [3.8, 4) is 0 Å². The summed E-state index contributed by atoms with van der Waals surface area (Å²) in [5.41, 5.74) is 2.06. The summed E-state index contributed by atoms with van der Waals surface area (Å²) >= 11 is 0. The molecule has 0 bridgehead atoms. The average Bonchev–Trinajstić information content (AvgIpc) is 2.50. The van der Waals surface area contributed by atoms with E-state index in [1.54, 1.807) is 0 Å². The van der Waals surface area contributed by atoms with Crippen LogP contribution in [0.15, 0.2) is 29.3 Å². The van der Waals surface area contributed by atoms with Crippen LogP contribution in [0.25, 0.3) is 0 Å². The molecule has 0 spiro atoms. The zero-order chi connectivity index (χ0) is 18.0. The van der Waals surface area contributed by atoms with E-state index in [-0.39, 0.29) is 36.6 Å². The smallest absolute Gasteiger partial charge is 0.374 e. The van der Waals surface area contributed by atoms with E-state index in [0.717, 1.165) is 11.1 Å². The van der Waals surface area contributed by atoms with Crippen molar-refractivity contribution in [1.29, 1.82) is 0 Å². The Balaban J connectivity index is 0.00000576. The second-order valence-electron chi connectivity index (χ2n) is 5.66. The number of aliphatic imine (C=N–C) groups is 1. The third kappa shape index (κ3) is 12.0. The van der Waals surface area contributed by atoms with Gasteiger partial charge in [-0.3, -0.25) is 0 Å². The van der Waals surface area contributed by atoms with Gasteiger partial charge in [0.1, 0.15) is 0 Å². The number of hydrogen-bond donors (Lipinski definition) is 2. The molecule has 0 fully saturated rings. The van der Waals surface area contributed by atoms with Gasteiger partial charge in [0.25, 0.3) is 0 Å². The maximum atomic E-state index is 12.2. The first-order valence-corrected chi connectivity index (χ1v) is 8.08. The summed E-state index contributed by atoms with van der Waals surface area (Å²) in [6, 6.07) is 7.83. The molecule has 0 amide bonds. The van der Waals surface area contributed by atoms with E-state index in [2.05, 4.69) is 15.6 Å². The van der Waals surface area contributed by atoms with Crippen molar-refractivity contribution in [2.45, 2.75) is 52.6 Å². The molecule has 1 rings (SSSR count). The van der Waals surface area contributed by atoms with Gasteiger partial charge in [-0.05, 0) is 31.9 Å². The molecular weight excluding hydrogens is 446 g/mol. The Morgan fingerprint density at radius 2 is 1.72 bits per heavy atom. The van der Waals surface area contributed by atoms with E-state index < -0.39 is 12.6 Å². The molecule has 0 aromatic heterocycles. The van der Waals surface area contributed by atoms with Crippen LogP contribution in [-0.4, -0.2) is 31.3 Å². The van der Waals surface area contributed by atoms with Crippen molar-refractivity contribution in [3.63, 3.8) is 0 Å². The average molecular weight is 473 g/mol. The standard InChI is InChI=1S/C17H26F3N3O.HI/c1-4-21-16(22-10-9-17(18,19)20)23-11-14-5-7-15(8-6-14)12-24-13(2)3;/h5-8,13H,4,9-12H2,1-3H3,(H2,21,22,23);1H. The molecule has 8 heteroatoms. The number of nitrogens with zero attached hydrogens (tertiary/aromatic N) is 1. The van der Waals surface area contributed by atoms with Gasteiger partial charge in [-0.15, -0.1) is 24.0 Å². The monoisotopic (exact) mass is 473 g/mol. The van der Waals surface area contributed by atoms with Gasteiger partial charge in [0.15, 0.2) is 5.96 Å². The maximum Gasteiger partial charge on any atom is 0.390 e. The highest BCUT2D eigenvalue weighted by Gasteiger charge is 2.26. The molecule has 1 aromatic rings. The molecular formula is C17H27F3IN3O. The van der Waals surface area contributed by atoms with Crippen LogP contribution < -0.4 is 10.6 Å². The van der Waals surface area contributed by atoms with Crippen LogP contribution in [0.2, 0.25) is 0 Å². The van der Waals surface area contributed by atoms with Gasteiger partial charge in [0.2, 0.25) is 0 Å².